The Hall–Kier alpha value is -2.07. The lowest BCUT2D eigenvalue weighted by molar-refractivity contribution is -0.931. The minimum Gasteiger partial charge on any atom is -0.497 e. The van der Waals surface area contributed by atoms with E-state index in [0.29, 0.717) is 18.5 Å². The van der Waals surface area contributed by atoms with Crippen LogP contribution < -0.4 is 4.74 Å². The van der Waals surface area contributed by atoms with Gasteiger partial charge in [-0.05, 0) is 28.5 Å². The van der Waals surface area contributed by atoms with Crippen molar-refractivity contribution in [1.29, 1.82) is 0 Å². The van der Waals surface area contributed by atoms with Crippen molar-refractivity contribution in [3.8, 4) is 5.75 Å². The SMILES string of the molecule is COc1ccc2cc(CC(=O)OC3CC4CCC(C3)[N+]4(C)C)ccc2c1. The number of esters is 1. The van der Waals surface area contributed by atoms with Crippen LogP contribution in [0.2, 0.25) is 0 Å². The lowest BCUT2D eigenvalue weighted by atomic mass is 9.97. The van der Waals surface area contributed by atoms with E-state index < -0.39 is 0 Å². The van der Waals surface area contributed by atoms with Crippen molar-refractivity contribution < 1.29 is 18.8 Å². The number of carbonyl (C=O) groups is 1. The zero-order chi connectivity index (χ0) is 18.3. The van der Waals surface area contributed by atoms with Gasteiger partial charge in [-0.25, -0.2) is 0 Å². The van der Waals surface area contributed by atoms with Gasteiger partial charge in [-0.15, -0.1) is 0 Å². The Morgan fingerprint density at radius 1 is 1.04 bits per heavy atom. The van der Waals surface area contributed by atoms with Crippen LogP contribution in [0.3, 0.4) is 0 Å². The summed E-state index contributed by atoms with van der Waals surface area (Å²) in [7, 11) is 6.32. The molecule has 2 aliphatic rings. The third-order valence-electron chi connectivity index (χ3n) is 6.54. The summed E-state index contributed by atoms with van der Waals surface area (Å²) in [4.78, 5) is 12.5. The van der Waals surface area contributed by atoms with Crippen LogP contribution >= 0.6 is 0 Å². The molecule has 138 valence electrons. The Kier molecular flexibility index (Phi) is 4.39. The monoisotopic (exact) mass is 354 g/mol. The van der Waals surface area contributed by atoms with Crippen LogP contribution in [-0.4, -0.2) is 49.8 Å². The number of fused-ring (bicyclic) bond motifs is 3. The Morgan fingerprint density at radius 2 is 1.69 bits per heavy atom. The van der Waals surface area contributed by atoms with Gasteiger partial charge in [0.15, 0.2) is 0 Å². The molecule has 4 rings (SSSR count). The average molecular weight is 354 g/mol. The molecule has 0 N–H and O–H groups in total. The zero-order valence-electron chi connectivity index (χ0n) is 15.9. The smallest absolute Gasteiger partial charge is 0.310 e. The molecule has 26 heavy (non-hydrogen) atoms. The minimum atomic E-state index is -0.102. The summed E-state index contributed by atoms with van der Waals surface area (Å²) in [5, 5.41) is 2.23. The lowest BCUT2D eigenvalue weighted by Gasteiger charge is -2.43. The van der Waals surface area contributed by atoms with Crippen LogP contribution in [0.4, 0.5) is 0 Å². The van der Waals surface area contributed by atoms with Gasteiger partial charge in [0, 0.05) is 25.7 Å². The van der Waals surface area contributed by atoms with E-state index in [1.165, 1.54) is 12.8 Å². The van der Waals surface area contributed by atoms with Crippen molar-refractivity contribution in [2.45, 2.75) is 50.3 Å². The highest BCUT2D eigenvalue weighted by Gasteiger charge is 2.49. The first-order chi connectivity index (χ1) is 12.5. The number of benzene rings is 2. The molecule has 2 saturated heterocycles. The van der Waals surface area contributed by atoms with Crippen LogP contribution in [0.25, 0.3) is 10.8 Å². The highest BCUT2D eigenvalue weighted by atomic mass is 16.5. The number of nitrogens with zero attached hydrogens (tertiary/aromatic N) is 1. The van der Waals surface area contributed by atoms with Gasteiger partial charge in [0.05, 0.1) is 39.7 Å². The van der Waals surface area contributed by atoms with Crippen LogP contribution in [0, 0.1) is 0 Å². The van der Waals surface area contributed by atoms with Crippen LogP contribution in [0.15, 0.2) is 36.4 Å². The molecular formula is C22H28NO3+. The number of piperidine rings is 1. The Morgan fingerprint density at radius 3 is 2.38 bits per heavy atom. The van der Waals surface area contributed by atoms with Crippen molar-refractivity contribution in [2.24, 2.45) is 0 Å². The fourth-order valence-electron chi connectivity index (χ4n) is 4.83. The maximum absolute atomic E-state index is 12.5. The summed E-state index contributed by atoms with van der Waals surface area (Å²) in [5.41, 5.74) is 1.00. The molecule has 0 radical (unpaired) electrons. The predicted molar refractivity (Wildman–Crippen MR) is 102 cm³/mol. The summed E-state index contributed by atoms with van der Waals surface area (Å²) in [6, 6.07) is 13.4. The van der Waals surface area contributed by atoms with Crippen LogP contribution in [0.1, 0.15) is 31.2 Å². The van der Waals surface area contributed by atoms with Gasteiger partial charge in [-0.2, -0.15) is 0 Å². The summed E-state index contributed by atoms with van der Waals surface area (Å²) >= 11 is 0. The fraction of sp³-hybridized carbons (Fsp3) is 0.500. The maximum Gasteiger partial charge on any atom is 0.310 e. The van der Waals surface area contributed by atoms with Crippen molar-refractivity contribution in [2.75, 3.05) is 21.2 Å². The third kappa shape index (κ3) is 3.18. The number of hydrogen-bond acceptors (Lipinski definition) is 3. The number of quaternary nitrogens is 1. The first-order valence-electron chi connectivity index (χ1n) is 9.55. The molecule has 2 bridgehead atoms. The highest BCUT2D eigenvalue weighted by Crippen LogP contribution is 2.40. The van der Waals surface area contributed by atoms with E-state index in [9.17, 15) is 4.79 Å². The fourth-order valence-corrected chi connectivity index (χ4v) is 4.83. The first kappa shape index (κ1) is 17.3. The number of methoxy groups -OCH3 is 1. The average Bonchev–Trinajstić information content (AvgIpc) is 2.78. The Bertz CT molecular complexity index is 813. The van der Waals surface area contributed by atoms with Gasteiger partial charge >= 0.3 is 5.97 Å². The molecule has 2 fully saturated rings. The lowest BCUT2D eigenvalue weighted by Crippen LogP contribution is -2.56. The summed E-state index contributed by atoms with van der Waals surface area (Å²) < 4.78 is 12.2. The van der Waals surface area contributed by atoms with E-state index in [-0.39, 0.29) is 12.1 Å². The molecule has 2 aromatic rings. The molecule has 0 saturated carbocycles. The van der Waals surface area contributed by atoms with Gasteiger partial charge in [-0.3, -0.25) is 4.79 Å². The number of rotatable bonds is 4. The third-order valence-corrected chi connectivity index (χ3v) is 6.54. The molecule has 2 atom stereocenters. The summed E-state index contributed by atoms with van der Waals surface area (Å²) in [6.45, 7) is 0. The van der Waals surface area contributed by atoms with E-state index in [4.69, 9.17) is 9.47 Å². The van der Waals surface area contributed by atoms with E-state index in [0.717, 1.165) is 39.4 Å². The van der Waals surface area contributed by atoms with Crippen LogP contribution in [0.5, 0.6) is 5.75 Å². The van der Waals surface area contributed by atoms with E-state index >= 15 is 0 Å². The molecule has 4 heteroatoms. The van der Waals surface area contributed by atoms with Gasteiger partial charge in [0.1, 0.15) is 11.9 Å². The van der Waals surface area contributed by atoms with Gasteiger partial charge in [-0.1, -0.05) is 24.3 Å². The highest BCUT2D eigenvalue weighted by molar-refractivity contribution is 5.85. The number of carbonyl (C=O) groups excluding carboxylic acids is 1. The molecule has 2 unspecified atom stereocenters. The van der Waals surface area contributed by atoms with Crippen molar-refractivity contribution in [3.05, 3.63) is 42.0 Å². The number of hydrogen-bond donors (Lipinski definition) is 0. The zero-order valence-corrected chi connectivity index (χ0v) is 15.9. The molecule has 0 aromatic heterocycles. The molecule has 2 aliphatic heterocycles. The Balaban J connectivity index is 1.40. The molecule has 0 amide bonds. The summed E-state index contributed by atoms with van der Waals surface area (Å²) in [6.07, 6.45) is 4.97. The second kappa shape index (κ2) is 6.58. The molecule has 2 aromatic carbocycles. The van der Waals surface area contributed by atoms with E-state index in [1.54, 1.807) is 7.11 Å². The van der Waals surface area contributed by atoms with Gasteiger partial charge in [0.2, 0.25) is 0 Å². The number of ether oxygens (including phenoxy) is 2. The van der Waals surface area contributed by atoms with Gasteiger partial charge in [0.25, 0.3) is 0 Å². The largest absolute Gasteiger partial charge is 0.497 e. The van der Waals surface area contributed by atoms with E-state index in [1.807, 2.05) is 30.3 Å². The topological polar surface area (TPSA) is 35.5 Å². The molecule has 2 heterocycles. The van der Waals surface area contributed by atoms with Crippen LogP contribution in [-0.2, 0) is 16.0 Å². The van der Waals surface area contributed by atoms with Crippen molar-refractivity contribution >= 4 is 16.7 Å². The van der Waals surface area contributed by atoms with E-state index in [2.05, 4.69) is 20.2 Å². The van der Waals surface area contributed by atoms with Crippen molar-refractivity contribution in [1.82, 2.24) is 0 Å². The maximum atomic E-state index is 12.5. The molecule has 0 aliphatic carbocycles. The molecule has 4 nitrogen and oxygen atoms in total. The minimum absolute atomic E-state index is 0.0934. The summed E-state index contributed by atoms with van der Waals surface area (Å²) in [5.74, 6) is 0.743. The van der Waals surface area contributed by atoms with Crippen molar-refractivity contribution in [3.63, 3.8) is 0 Å². The van der Waals surface area contributed by atoms with Gasteiger partial charge < -0.3 is 14.0 Å². The Labute approximate surface area is 155 Å². The molecule has 0 spiro atoms. The second-order valence-electron chi connectivity index (χ2n) is 8.32. The predicted octanol–water partition coefficient (Wildman–Crippen LogP) is 3.70. The second-order valence-corrected chi connectivity index (χ2v) is 8.32. The standard InChI is InChI=1S/C22H28NO3/c1-23(2)18-7-8-19(23)14-21(13-18)26-22(24)11-15-4-5-17-12-20(25-3)9-6-16(17)10-15/h4-6,9-10,12,18-19,21H,7-8,11,13-14H2,1-3H3/q+1. The normalized spacial score (nSPS) is 26.7. The first-order valence-corrected chi connectivity index (χ1v) is 9.55. The quantitative estimate of drug-likeness (QED) is 0.620. The molecular weight excluding hydrogens is 326 g/mol.